The molecule has 2 bridgehead atoms. The molecular formula is C34H27N3O3. The Labute approximate surface area is 231 Å². The molecule has 5 aliphatic rings. The number of carbonyl (C=O) groups excluding carboxylic acids is 3. The van der Waals surface area contributed by atoms with Crippen LogP contribution < -0.4 is 5.32 Å². The Kier molecular flexibility index (Phi) is 5.08. The Bertz CT molecular complexity index is 1680. The molecule has 2 saturated carbocycles. The highest BCUT2D eigenvalue weighted by atomic mass is 16.2. The Morgan fingerprint density at radius 1 is 0.775 bits per heavy atom. The molecule has 3 fully saturated rings. The molecule has 2 heterocycles. The SMILES string of the molecule is O=C(Nc1cc(-c2ccccc2)nc2ccccc12)C1C2C3C=CC(C4C(=O)N(Cc5ccccc5)C(=O)C34)C12. The number of hydrogen-bond acceptors (Lipinski definition) is 4. The van der Waals surface area contributed by atoms with Crippen LogP contribution in [0.25, 0.3) is 22.2 Å². The average molecular weight is 526 g/mol. The van der Waals surface area contributed by atoms with Crippen LogP contribution >= 0.6 is 0 Å². The summed E-state index contributed by atoms with van der Waals surface area (Å²) in [4.78, 5) is 47.2. The van der Waals surface area contributed by atoms with E-state index in [1.807, 2.05) is 91.0 Å². The first-order valence-electron chi connectivity index (χ1n) is 13.9. The van der Waals surface area contributed by atoms with Gasteiger partial charge < -0.3 is 5.32 Å². The molecule has 6 atom stereocenters. The highest BCUT2D eigenvalue weighted by Crippen LogP contribution is 2.69. The first-order chi connectivity index (χ1) is 19.6. The molecule has 6 heteroatoms. The van der Waals surface area contributed by atoms with Gasteiger partial charge in [0.1, 0.15) is 0 Å². The van der Waals surface area contributed by atoms with Crippen LogP contribution in [0.4, 0.5) is 5.69 Å². The maximum absolute atomic E-state index is 13.8. The largest absolute Gasteiger partial charge is 0.325 e. The van der Waals surface area contributed by atoms with Crippen molar-refractivity contribution in [3.05, 3.63) is 109 Å². The van der Waals surface area contributed by atoms with Crippen LogP contribution in [0, 0.1) is 41.4 Å². The van der Waals surface area contributed by atoms with E-state index in [0.717, 1.165) is 33.4 Å². The van der Waals surface area contributed by atoms with E-state index in [9.17, 15) is 14.4 Å². The number of carbonyl (C=O) groups is 3. The minimum absolute atomic E-state index is 0.0370. The number of anilines is 1. The summed E-state index contributed by atoms with van der Waals surface area (Å²) in [7, 11) is 0. The fourth-order valence-electron chi connectivity index (χ4n) is 7.69. The van der Waals surface area contributed by atoms with Crippen LogP contribution in [0.15, 0.2) is 103 Å². The van der Waals surface area contributed by atoms with E-state index in [1.54, 1.807) is 0 Å². The van der Waals surface area contributed by atoms with Crippen molar-refractivity contribution in [3.63, 3.8) is 0 Å². The summed E-state index contributed by atoms with van der Waals surface area (Å²) >= 11 is 0. The van der Waals surface area contributed by atoms with Crippen molar-refractivity contribution in [2.45, 2.75) is 6.54 Å². The molecule has 1 saturated heterocycles. The monoisotopic (exact) mass is 525 g/mol. The van der Waals surface area contributed by atoms with E-state index in [1.165, 1.54) is 4.90 Å². The van der Waals surface area contributed by atoms with Gasteiger partial charge >= 0.3 is 0 Å². The molecular weight excluding hydrogens is 498 g/mol. The summed E-state index contributed by atoms with van der Waals surface area (Å²) in [6, 6.07) is 29.4. The zero-order chi connectivity index (χ0) is 27.0. The smallest absolute Gasteiger partial charge is 0.234 e. The lowest BCUT2D eigenvalue weighted by molar-refractivity contribution is -0.141. The van der Waals surface area contributed by atoms with Gasteiger partial charge in [-0.25, -0.2) is 4.98 Å². The van der Waals surface area contributed by atoms with E-state index in [4.69, 9.17) is 4.98 Å². The first-order valence-corrected chi connectivity index (χ1v) is 13.9. The number of nitrogens with zero attached hydrogens (tertiary/aromatic N) is 2. The molecule has 3 amide bonds. The molecule has 9 rings (SSSR count). The van der Waals surface area contributed by atoms with Crippen LogP contribution in [0.2, 0.25) is 0 Å². The quantitative estimate of drug-likeness (QED) is 0.283. The molecule has 196 valence electrons. The van der Waals surface area contributed by atoms with Crippen molar-refractivity contribution < 1.29 is 14.4 Å². The van der Waals surface area contributed by atoms with Gasteiger partial charge in [-0.15, -0.1) is 0 Å². The van der Waals surface area contributed by atoms with Gasteiger partial charge in [-0.3, -0.25) is 19.3 Å². The molecule has 0 radical (unpaired) electrons. The summed E-state index contributed by atoms with van der Waals surface area (Å²) in [6.07, 6.45) is 4.21. The van der Waals surface area contributed by atoms with Crippen molar-refractivity contribution in [1.29, 1.82) is 0 Å². The molecule has 4 aromatic rings. The molecule has 3 aromatic carbocycles. The van der Waals surface area contributed by atoms with Gasteiger partial charge in [0, 0.05) is 16.9 Å². The molecule has 4 aliphatic carbocycles. The van der Waals surface area contributed by atoms with Crippen molar-refractivity contribution in [1.82, 2.24) is 9.88 Å². The fraction of sp³-hybridized carbons (Fsp3) is 0.235. The second-order valence-corrected chi connectivity index (χ2v) is 11.4. The number of para-hydroxylation sites is 1. The molecule has 1 N–H and O–H groups in total. The zero-order valence-corrected chi connectivity index (χ0v) is 21.7. The number of aromatic nitrogens is 1. The van der Waals surface area contributed by atoms with Crippen molar-refractivity contribution >= 4 is 34.3 Å². The van der Waals surface area contributed by atoms with Gasteiger partial charge in [0.25, 0.3) is 0 Å². The van der Waals surface area contributed by atoms with Gasteiger partial charge in [0.15, 0.2) is 0 Å². The number of allylic oxidation sites excluding steroid dienone is 2. The van der Waals surface area contributed by atoms with E-state index < -0.39 is 0 Å². The van der Waals surface area contributed by atoms with Gasteiger partial charge in [-0.2, -0.15) is 0 Å². The molecule has 6 nitrogen and oxygen atoms in total. The number of pyridine rings is 1. The summed E-state index contributed by atoms with van der Waals surface area (Å²) in [5.74, 6) is -1.14. The third-order valence-corrected chi connectivity index (χ3v) is 9.43. The van der Waals surface area contributed by atoms with Crippen molar-refractivity contribution in [3.8, 4) is 11.3 Å². The predicted molar refractivity (Wildman–Crippen MR) is 151 cm³/mol. The first kappa shape index (κ1) is 23.3. The van der Waals surface area contributed by atoms with Crippen LogP contribution in [0.5, 0.6) is 0 Å². The number of hydrogen-bond donors (Lipinski definition) is 1. The number of imide groups is 1. The molecule has 6 unspecified atom stereocenters. The van der Waals surface area contributed by atoms with E-state index in [2.05, 4.69) is 17.5 Å². The Balaban J connectivity index is 1.06. The number of nitrogens with one attached hydrogen (secondary N) is 1. The number of benzene rings is 3. The van der Waals surface area contributed by atoms with E-state index >= 15 is 0 Å². The van der Waals surface area contributed by atoms with Crippen molar-refractivity contribution in [2.24, 2.45) is 41.4 Å². The third kappa shape index (κ3) is 3.41. The second-order valence-electron chi connectivity index (χ2n) is 11.4. The van der Waals surface area contributed by atoms with Gasteiger partial charge in [-0.05, 0) is 41.4 Å². The number of fused-ring (bicyclic) bond motifs is 1. The Morgan fingerprint density at radius 2 is 1.38 bits per heavy atom. The molecule has 40 heavy (non-hydrogen) atoms. The summed E-state index contributed by atoms with van der Waals surface area (Å²) in [6.45, 7) is 0.309. The van der Waals surface area contributed by atoms with Gasteiger partial charge in [0.05, 0.1) is 35.3 Å². The Morgan fingerprint density at radius 3 is 2.05 bits per heavy atom. The minimum atomic E-state index is -0.364. The average Bonchev–Trinajstić information content (AvgIpc) is 3.73. The molecule has 1 aliphatic heterocycles. The highest BCUT2D eigenvalue weighted by Gasteiger charge is 2.73. The number of likely N-dealkylation sites (tertiary alicyclic amines) is 1. The van der Waals surface area contributed by atoms with Crippen LogP contribution in [0.1, 0.15) is 5.56 Å². The highest BCUT2D eigenvalue weighted by molar-refractivity contribution is 6.07. The van der Waals surface area contributed by atoms with Crippen molar-refractivity contribution in [2.75, 3.05) is 5.32 Å². The lowest BCUT2D eigenvalue weighted by atomic mass is 9.63. The topological polar surface area (TPSA) is 79.4 Å². The van der Waals surface area contributed by atoms with Crippen LogP contribution in [0.3, 0.4) is 0 Å². The Hall–Kier alpha value is -4.58. The number of rotatable bonds is 5. The van der Waals surface area contributed by atoms with Crippen LogP contribution in [-0.4, -0.2) is 27.6 Å². The normalized spacial score (nSPS) is 29.4. The number of amides is 3. The minimum Gasteiger partial charge on any atom is -0.325 e. The summed E-state index contributed by atoms with van der Waals surface area (Å²) in [5, 5.41) is 4.11. The van der Waals surface area contributed by atoms with Gasteiger partial charge in [0.2, 0.25) is 17.7 Å². The molecule has 1 aromatic heterocycles. The van der Waals surface area contributed by atoms with E-state index in [0.29, 0.717) is 6.54 Å². The van der Waals surface area contributed by atoms with Gasteiger partial charge in [-0.1, -0.05) is 91.0 Å². The standard InChI is InChI=1S/C34H27N3O3/c38-32(36-26-17-25(20-11-5-2-6-12-20)35-24-14-8-7-13-21(24)26)31-27-22-15-16-23(28(27)31)30-29(22)33(39)37(34(30)40)18-19-9-3-1-4-10-19/h1-17,22-23,27-31H,18H2,(H,35,36,38). The van der Waals surface area contributed by atoms with Crippen LogP contribution in [-0.2, 0) is 20.9 Å². The lowest BCUT2D eigenvalue weighted by Gasteiger charge is -2.37. The van der Waals surface area contributed by atoms with E-state index in [-0.39, 0.29) is 59.1 Å². The second kappa shape index (κ2) is 8.71. The third-order valence-electron chi connectivity index (χ3n) is 9.43. The summed E-state index contributed by atoms with van der Waals surface area (Å²) < 4.78 is 0. The zero-order valence-electron chi connectivity index (χ0n) is 21.7. The fourth-order valence-corrected chi connectivity index (χ4v) is 7.69. The molecule has 0 spiro atoms. The maximum atomic E-state index is 13.8. The lowest BCUT2D eigenvalue weighted by Crippen LogP contribution is -2.40. The maximum Gasteiger partial charge on any atom is 0.234 e. The predicted octanol–water partition coefficient (Wildman–Crippen LogP) is 5.32. The summed E-state index contributed by atoms with van der Waals surface area (Å²) in [5.41, 5.74) is 4.29.